The van der Waals surface area contributed by atoms with Crippen LogP contribution in [0.25, 0.3) is 0 Å². The van der Waals surface area contributed by atoms with E-state index in [0.717, 1.165) is 12.1 Å². The van der Waals surface area contributed by atoms with E-state index in [2.05, 4.69) is 0 Å². The molecule has 9 heteroatoms. The maximum absolute atomic E-state index is 12.4. The van der Waals surface area contributed by atoms with Crippen molar-refractivity contribution >= 4 is 17.8 Å². The summed E-state index contributed by atoms with van der Waals surface area (Å²) in [6.07, 6.45) is -5.25. The third-order valence-corrected chi connectivity index (χ3v) is 2.50. The van der Waals surface area contributed by atoms with E-state index in [1.54, 1.807) is 0 Å². The van der Waals surface area contributed by atoms with Crippen LogP contribution in [0.15, 0.2) is 24.3 Å². The minimum Gasteiger partial charge on any atom is -0.481 e. The molecule has 0 saturated heterocycles. The van der Waals surface area contributed by atoms with Crippen LogP contribution in [0.4, 0.5) is 13.2 Å². The smallest absolute Gasteiger partial charge is 0.416 e. The zero-order valence-electron chi connectivity index (χ0n) is 10.5. The molecule has 6 nitrogen and oxygen atoms in total. The van der Waals surface area contributed by atoms with E-state index >= 15 is 0 Å². The molecule has 0 aromatic heterocycles. The molecule has 0 bridgehead atoms. The largest absolute Gasteiger partial charge is 0.481 e. The summed E-state index contributed by atoms with van der Waals surface area (Å²) in [4.78, 5) is 33.2. The van der Waals surface area contributed by atoms with Crippen LogP contribution in [0.5, 0.6) is 0 Å². The van der Waals surface area contributed by atoms with Gasteiger partial charge in [0, 0.05) is 5.56 Å². The van der Waals surface area contributed by atoms with Gasteiger partial charge in [0.05, 0.1) is 12.0 Å². The fraction of sp³-hybridized carbons (Fsp3) is 0.250. The number of carboxylic acids is 1. The number of halogens is 3. The average Bonchev–Trinajstić information content (AvgIpc) is 2.36. The molecule has 1 aromatic rings. The maximum atomic E-state index is 12.4. The van der Waals surface area contributed by atoms with Gasteiger partial charge in [0.2, 0.25) is 5.91 Å². The molecular weight excluding hydrogens is 293 g/mol. The molecule has 1 rings (SSSR count). The second-order valence-electron chi connectivity index (χ2n) is 4.10. The van der Waals surface area contributed by atoms with Gasteiger partial charge in [-0.05, 0) is 24.3 Å². The SMILES string of the molecule is NC(=O)[C@H](CC(=O)O)NC(=O)c1ccc(C(F)(F)F)cc1. The van der Waals surface area contributed by atoms with Crippen LogP contribution in [0.1, 0.15) is 22.3 Å². The summed E-state index contributed by atoms with van der Waals surface area (Å²) in [5.41, 5.74) is 3.84. The topological polar surface area (TPSA) is 109 Å². The summed E-state index contributed by atoms with van der Waals surface area (Å²) in [5.74, 6) is -3.31. The Hall–Kier alpha value is -2.58. The summed E-state index contributed by atoms with van der Waals surface area (Å²) in [6, 6.07) is 1.78. The Morgan fingerprint density at radius 2 is 1.71 bits per heavy atom. The van der Waals surface area contributed by atoms with Crippen molar-refractivity contribution in [1.29, 1.82) is 0 Å². The third kappa shape index (κ3) is 4.79. The van der Waals surface area contributed by atoms with Crippen molar-refractivity contribution in [2.75, 3.05) is 0 Å². The van der Waals surface area contributed by atoms with E-state index in [9.17, 15) is 27.6 Å². The van der Waals surface area contributed by atoms with E-state index in [1.807, 2.05) is 5.32 Å². The number of aliphatic carboxylic acids is 1. The number of rotatable bonds is 5. The number of carboxylic acid groups (broad SMARTS) is 1. The zero-order valence-corrected chi connectivity index (χ0v) is 10.5. The first-order chi connectivity index (χ1) is 9.61. The predicted octanol–water partition coefficient (Wildman–Crippen LogP) is 0.764. The normalized spacial score (nSPS) is 12.5. The Morgan fingerprint density at radius 3 is 2.10 bits per heavy atom. The van der Waals surface area contributed by atoms with Gasteiger partial charge < -0.3 is 16.2 Å². The standard InChI is InChI=1S/C12H11F3N2O4/c13-12(14,15)7-3-1-6(2-4-7)11(21)17-8(10(16)20)5-9(18)19/h1-4,8H,5H2,(H2,16,20)(H,17,21)(H,18,19)/t8-/m0/s1. The number of hydrogen-bond acceptors (Lipinski definition) is 3. The minimum absolute atomic E-state index is 0.153. The van der Waals surface area contributed by atoms with Crippen LogP contribution in [0, 0.1) is 0 Å². The number of hydrogen-bond donors (Lipinski definition) is 3. The van der Waals surface area contributed by atoms with Crippen LogP contribution in [-0.4, -0.2) is 28.9 Å². The zero-order chi connectivity index (χ0) is 16.2. The fourth-order valence-corrected chi connectivity index (χ4v) is 1.45. The van der Waals surface area contributed by atoms with E-state index in [4.69, 9.17) is 10.8 Å². The highest BCUT2D eigenvalue weighted by Crippen LogP contribution is 2.29. The number of nitrogens with two attached hydrogens (primary N) is 1. The quantitative estimate of drug-likeness (QED) is 0.746. The number of amides is 2. The molecule has 0 fully saturated rings. The first-order valence-electron chi connectivity index (χ1n) is 5.60. The van der Waals surface area contributed by atoms with Crippen molar-refractivity contribution in [1.82, 2.24) is 5.32 Å². The molecule has 0 spiro atoms. The first kappa shape index (κ1) is 16.5. The minimum atomic E-state index is -4.53. The summed E-state index contributed by atoms with van der Waals surface area (Å²) in [7, 11) is 0. The van der Waals surface area contributed by atoms with Gasteiger partial charge in [0.15, 0.2) is 0 Å². The van der Waals surface area contributed by atoms with Crippen LogP contribution in [0.3, 0.4) is 0 Å². The second kappa shape index (κ2) is 6.25. The summed E-state index contributed by atoms with van der Waals surface area (Å²) >= 11 is 0. The van der Waals surface area contributed by atoms with Gasteiger partial charge in [-0.1, -0.05) is 0 Å². The second-order valence-corrected chi connectivity index (χ2v) is 4.10. The van der Waals surface area contributed by atoms with Crippen molar-refractivity contribution in [2.24, 2.45) is 5.73 Å². The lowest BCUT2D eigenvalue weighted by Crippen LogP contribution is -2.45. The molecule has 0 heterocycles. The van der Waals surface area contributed by atoms with Crippen molar-refractivity contribution in [3.63, 3.8) is 0 Å². The highest BCUT2D eigenvalue weighted by atomic mass is 19.4. The lowest BCUT2D eigenvalue weighted by molar-refractivity contribution is -0.139. The molecule has 4 N–H and O–H groups in total. The van der Waals surface area contributed by atoms with Gasteiger partial charge >= 0.3 is 12.1 Å². The Bertz CT molecular complexity index is 555. The van der Waals surface area contributed by atoms with Crippen molar-refractivity contribution < 1.29 is 32.7 Å². The Morgan fingerprint density at radius 1 is 1.19 bits per heavy atom. The van der Waals surface area contributed by atoms with Crippen molar-refractivity contribution in [3.8, 4) is 0 Å². The number of nitrogens with one attached hydrogen (secondary N) is 1. The van der Waals surface area contributed by atoms with Gasteiger partial charge in [-0.25, -0.2) is 0 Å². The van der Waals surface area contributed by atoms with Crippen LogP contribution < -0.4 is 11.1 Å². The van der Waals surface area contributed by atoms with E-state index in [1.165, 1.54) is 0 Å². The predicted molar refractivity (Wildman–Crippen MR) is 64.1 cm³/mol. The van der Waals surface area contributed by atoms with Crippen LogP contribution >= 0.6 is 0 Å². The van der Waals surface area contributed by atoms with Crippen molar-refractivity contribution in [2.45, 2.75) is 18.6 Å². The molecule has 0 aliphatic heterocycles. The van der Waals surface area contributed by atoms with Crippen molar-refractivity contribution in [3.05, 3.63) is 35.4 Å². The Kier molecular flexibility index (Phi) is 4.90. The summed E-state index contributed by atoms with van der Waals surface area (Å²) in [6.45, 7) is 0. The molecule has 1 aromatic carbocycles. The highest BCUT2D eigenvalue weighted by Gasteiger charge is 2.30. The molecular formula is C12H11F3N2O4. The summed E-state index contributed by atoms with van der Waals surface area (Å²) in [5, 5.41) is 10.6. The van der Waals surface area contributed by atoms with Crippen LogP contribution in [0.2, 0.25) is 0 Å². The molecule has 0 unspecified atom stereocenters. The Labute approximate surface area is 116 Å². The van der Waals surface area contributed by atoms with Gasteiger partial charge in [0.25, 0.3) is 5.91 Å². The lowest BCUT2D eigenvalue weighted by atomic mass is 10.1. The Balaban J connectivity index is 2.83. The fourth-order valence-electron chi connectivity index (χ4n) is 1.45. The van der Waals surface area contributed by atoms with Gasteiger partial charge in [-0.2, -0.15) is 13.2 Å². The molecule has 0 saturated carbocycles. The molecule has 1 atom stereocenters. The van der Waals surface area contributed by atoms with Gasteiger partial charge in [-0.3, -0.25) is 14.4 Å². The van der Waals surface area contributed by atoms with E-state index in [-0.39, 0.29) is 5.56 Å². The number of carbonyl (C=O) groups is 3. The van der Waals surface area contributed by atoms with Gasteiger partial charge in [-0.15, -0.1) is 0 Å². The van der Waals surface area contributed by atoms with Gasteiger partial charge in [0.1, 0.15) is 6.04 Å². The third-order valence-electron chi connectivity index (χ3n) is 2.50. The average molecular weight is 304 g/mol. The maximum Gasteiger partial charge on any atom is 0.416 e. The molecule has 2 amide bonds. The van der Waals surface area contributed by atoms with E-state index < -0.39 is 42.0 Å². The molecule has 21 heavy (non-hydrogen) atoms. The number of primary amides is 1. The van der Waals surface area contributed by atoms with Crippen LogP contribution in [-0.2, 0) is 15.8 Å². The summed E-state index contributed by atoms with van der Waals surface area (Å²) < 4.78 is 37.1. The number of carbonyl (C=O) groups excluding carboxylic acids is 2. The number of alkyl halides is 3. The first-order valence-corrected chi connectivity index (χ1v) is 5.60. The molecule has 0 aliphatic carbocycles. The lowest BCUT2D eigenvalue weighted by Gasteiger charge is -2.13. The highest BCUT2D eigenvalue weighted by molar-refractivity contribution is 5.98. The molecule has 0 aliphatic rings. The number of benzene rings is 1. The molecule has 114 valence electrons. The molecule has 0 radical (unpaired) electrons. The van der Waals surface area contributed by atoms with E-state index in [0.29, 0.717) is 12.1 Å². The monoisotopic (exact) mass is 304 g/mol.